The average molecular weight is 449 g/mol. The first kappa shape index (κ1) is 23.6. The van der Waals surface area contributed by atoms with Crippen molar-refractivity contribution in [2.45, 2.75) is 25.3 Å². The third-order valence-electron chi connectivity index (χ3n) is 3.87. The van der Waals surface area contributed by atoms with Gasteiger partial charge in [-0.1, -0.05) is 12.1 Å². The largest absolute Gasteiger partial charge is 0.417 e. The van der Waals surface area contributed by atoms with Crippen LogP contribution in [0, 0.1) is 10.1 Å². The first-order valence-electron chi connectivity index (χ1n) is 8.35. The third kappa shape index (κ3) is 6.69. The molecule has 166 valence electrons. The molecule has 0 aromatic heterocycles. The molecule has 0 aliphatic heterocycles. The quantitative estimate of drug-likeness (QED) is 0.298. The van der Waals surface area contributed by atoms with E-state index in [-0.39, 0.29) is 24.4 Å². The van der Waals surface area contributed by atoms with Gasteiger partial charge in [-0.05, 0) is 23.8 Å². The Hall–Kier alpha value is -3.64. The highest BCUT2D eigenvalue weighted by Crippen LogP contribution is 2.41. The number of rotatable bonds is 6. The van der Waals surface area contributed by atoms with E-state index in [0.717, 1.165) is 0 Å². The lowest BCUT2D eigenvalue weighted by Crippen LogP contribution is -2.28. The minimum Gasteiger partial charge on any atom is -0.352 e. The minimum absolute atomic E-state index is 0.0807. The van der Waals surface area contributed by atoms with Crippen LogP contribution in [0.4, 0.5) is 37.7 Å². The molecule has 0 heterocycles. The van der Waals surface area contributed by atoms with Crippen LogP contribution in [0.2, 0.25) is 0 Å². The number of benzene rings is 2. The molecule has 0 spiro atoms. The normalized spacial score (nSPS) is 11.7. The topological polar surface area (TPSA) is 101 Å². The molecule has 31 heavy (non-hydrogen) atoms. The van der Waals surface area contributed by atoms with E-state index in [0.29, 0.717) is 11.6 Å². The molecule has 2 aromatic carbocycles. The Labute approximate surface area is 170 Å². The number of halogens is 6. The second-order valence-electron chi connectivity index (χ2n) is 6.18. The number of non-ortho nitro benzene ring substituents is 1. The Morgan fingerprint density at radius 2 is 1.45 bits per heavy atom. The summed E-state index contributed by atoms with van der Waals surface area (Å²) in [7, 11) is 0. The van der Waals surface area contributed by atoms with E-state index in [9.17, 15) is 46.0 Å². The predicted molar refractivity (Wildman–Crippen MR) is 94.6 cm³/mol. The summed E-state index contributed by atoms with van der Waals surface area (Å²) in [6.45, 7) is -0.0807. The van der Waals surface area contributed by atoms with E-state index >= 15 is 0 Å². The number of amides is 2. The van der Waals surface area contributed by atoms with Gasteiger partial charge < -0.3 is 10.6 Å². The van der Waals surface area contributed by atoms with Gasteiger partial charge in [-0.15, -0.1) is 0 Å². The fraction of sp³-hybridized carbons (Fsp3) is 0.222. The Balaban J connectivity index is 1.98. The number of nitrogens with zero attached hydrogens (tertiary/aromatic N) is 1. The first-order valence-corrected chi connectivity index (χ1v) is 8.35. The van der Waals surface area contributed by atoms with Gasteiger partial charge in [0.1, 0.15) is 6.42 Å². The Kier molecular flexibility index (Phi) is 6.88. The van der Waals surface area contributed by atoms with Crippen LogP contribution in [0.25, 0.3) is 0 Å². The van der Waals surface area contributed by atoms with Crippen LogP contribution in [0.5, 0.6) is 0 Å². The molecule has 7 nitrogen and oxygen atoms in total. The van der Waals surface area contributed by atoms with Crippen molar-refractivity contribution in [3.8, 4) is 0 Å². The SMILES string of the molecule is O=C(CC(=O)Nc1ccc(C(F)(F)F)c(C(F)(F)F)c1)NCc1ccc([N+](=O)[O-])cc1. The lowest BCUT2D eigenvalue weighted by molar-refractivity contribution is -0.384. The van der Waals surface area contributed by atoms with Crippen molar-refractivity contribution in [2.24, 2.45) is 0 Å². The monoisotopic (exact) mass is 449 g/mol. The van der Waals surface area contributed by atoms with Crippen LogP contribution in [-0.4, -0.2) is 16.7 Å². The van der Waals surface area contributed by atoms with Crippen LogP contribution in [0.15, 0.2) is 42.5 Å². The summed E-state index contributed by atoms with van der Waals surface area (Å²) in [6, 6.07) is 6.13. The molecule has 2 amide bonds. The number of hydrogen-bond donors (Lipinski definition) is 2. The van der Waals surface area contributed by atoms with Gasteiger partial charge >= 0.3 is 12.4 Å². The molecule has 0 atom stereocenters. The van der Waals surface area contributed by atoms with Crippen molar-refractivity contribution in [3.63, 3.8) is 0 Å². The number of anilines is 1. The Morgan fingerprint density at radius 3 is 1.97 bits per heavy atom. The van der Waals surface area contributed by atoms with E-state index in [1.807, 2.05) is 5.32 Å². The molecule has 0 aliphatic rings. The molecule has 2 aromatic rings. The van der Waals surface area contributed by atoms with Crippen LogP contribution < -0.4 is 10.6 Å². The molecule has 0 saturated carbocycles. The third-order valence-corrected chi connectivity index (χ3v) is 3.87. The number of nitro groups is 1. The lowest BCUT2D eigenvalue weighted by atomic mass is 10.1. The Morgan fingerprint density at radius 1 is 0.871 bits per heavy atom. The zero-order valence-electron chi connectivity index (χ0n) is 15.3. The number of nitrogens with one attached hydrogen (secondary N) is 2. The highest BCUT2D eigenvalue weighted by Gasteiger charge is 2.43. The molecule has 0 unspecified atom stereocenters. The van der Waals surface area contributed by atoms with Crippen molar-refractivity contribution in [1.29, 1.82) is 0 Å². The van der Waals surface area contributed by atoms with Gasteiger partial charge in [0.2, 0.25) is 11.8 Å². The molecule has 0 saturated heterocycles. The molecular weight excluding hydrogens is 436 g/mol. The molecule has 2 N–H and O–H groups in total. The maximum atomic E-state index is 12.9. The Bertz CT molecular complexity index is 987. The summed E-state index contributed by atoms with van der Waals surface area (Å²) < 4.78 is 77.0. The summed E-state index contributed by atoms with van der Waals surface area (Å²) in [5.74, 6) is -1.87. The zero-order valence-corrected chi connectivity index (χ0v) is 15.3. The lowest BCUT2D eigenvalue weighted by Gasteiger charge is -2.17. The van der Waals surface area contributed by atoms with Crippen LogP contribution >= 0.6 is 0 Å². The van der Waals surface area contributed by atoms with E-state index in [1.54, 1.807) is 0 Å². The van der Waals surface area contributed by atoms with Gasteiger partial charge in [-0.2, -0.15) is 26.3 Å². The molecular formula is C18H13F6N3O4. The van der Waals surface area contributed by atoms with Crippen molar-refractivity contribution in [1.82, 2.24) is 5.32 Å². The van der Waals surface area contributed by atoms with Gasteiger partial charge in [0.25, 0.3) is 5.69 Å². The molecule has 2 rings (SSSR count). The standard InChI is InChI=1S/C18H13F6N3O4/c19-17(20,21)13-6-3-11(7-14(13)18(22,23)24)26-16(29)8-15(28)25-9-10-1-4-12(5-2-10)27(30)31/h1-7H,8-9H2,(H,25,28)(H,26,29). The number of carbonyl (C=O) groups excluding carboxylic acids is 2. The van der Waals surface area contributed by atoms with Crippen LogP contribution in [0.3, 0.4) is 0 Å². The van der Waals surface area contributed by atoms with Crippen LogP contribution in [-0.2, 0) is 28.5 Å². The van der Waals surface area contributed by atoms with E-state index in [1.165, 1.54) is 24.3 Å². The zero-order chi connectivity index (χ0) is 23.4. The molecule has 0 bridgehead atoms. The van der Waals surface area contributed by atoms with Gasteiger partial charge in [-0.3, -0.25) is 19.7 Å². The first-order chi connectivity index (χ1) is 14.3. The average Bonchev–Trinajstić information content (AvgIpc) is 2.65. The van der Waals surface area contributed by atoms with E-state index in [2.05, 4.69) is 5.32 Å². The van der Waals surface area contributed by atoms with Crippen molar-refractivity contribution in [3.05, 3.63) is 69.3 Å². The van der Waals surface area contributed by atoms with Crippen molar-refractivity contribution >= 4 is 23.2 Å². The molecule has 13 heteroatoms. The van der Waals surface area contributed by atoms with Gasteiger partial charge in [0.15, 0.2) is 0 Å². The second kappa shape index (κ2) is 9.02. The second-order valence-corrected chi connectivity index (χ2v) is 6.18. The number of hydrogen-bond acceptors (Lipinski definition) is 4. The molecule has 0 fully saturated rings. The minimum atomic E-state index is -5.31. The molecule has 0 aliphatic carbocycles. The summed E-state index contributed by atoms with van der Waals surface area (Å²) in [5.41, 5.74) is -4.12. The van der Waals surface area contributed by atoms with Crippen molar-refractivity contribution in [2.75, 3.05) is 5.32 Å². The number of alkyl halides is 6. The smallest absolute Gasteiger partial charge is 0.352 e. The van der Waals surface area contributed by atoms with Gasteiger partial charge in [0, 0.05) is 24.4 Å². The van der Waals surface area contributed by atoms with Gasteiger partial charge in [0.05, 0.1) is 16.1 Å². The predicted octanol–water partition coefficient (Wildman–Crippen LogP) is 4.28. The maximum absolute atomic E-state index is 12.9. The summed E-state index contributed by atoms with van der Waals surface area (Å²) in [4.78, 5) is 33.6. The van der Waals surface area contributed by atoms with Crippen molar-refractivity contribution < 1.29 is 40.9 Å². The summed E-state index contributed by atoms with van der Waals surface area (Å²) >= 11 is 0. The highest BCUT2D eigenvalue weighted by molar-refractivity contribution is 6.03. The summed E-state index contributed by atoms with van der Waals surface area (Å²) in [6.07, 6.45) is -11.4. The van der Waals surface area contributed by atoms with Gasteiger partial charge in [-0.25, -0.2) is 0 Å². The van der Waals surface area contributed by atoms with Crippen LogP contribution in [0.1, 0.15) is 23.1 Å². The summed E-state index contributed by atoms with van der Waals surface area (Å²) in [5, 5.41) is 14.8. The van der Waals surface area contributed by atoms with E-state index in [4.69, 9.17) is 0 Å². The fourth-order valence-electron chi connectivity index (χ4n) is 2.45. The highest BCUT2D eigenvalue weighted by atomic mass is 19.4. The fourth-order valence-corrected chi connectivity index (χ4v) is 2.45. The molecule has 0 radical (unpaired) electrons. The number of nitro benzene ring substituents is 1. The number of carbonyl (C=O) groups is 2. The van der Waals surface area contributed by atoms with E-state index < -0.39 is 52.3 Å². The maximum Gasteiger partial charge on any atom is 0.417 e.